The van der Waals surface area contributed by atoms with E-state index in [1.54, 1.807) is 0 Å². The highest BCUT2D eigenvalue weighted by atomic mass is 16.2. The summed E-state index contributed by atoms with van der Waals surface area (Å²) in [4.78, 5) is 14.0. The summed E-state index contributed by atoms with van der Waals surface area (Å²) < 4.78 is 0. The van der Waals surface area contributed by atoms with E-state index in [9.17, 15) is 4.79 Å². The van der Waals surface area contributed by atoms with Gasteiger partial charge >= 0.3 is 0 Å². The minimum atomic E-state index is 0.211. The second-order valence-corrected chi connectivity index (χ2v) is 5.78. The molecule has 0 radical (unpaired) electrons. The topological polar surface area (TPSA) is 46.3 Å². The van der Waals surface area contributed by atoms with Crippen LogP contribution in [0, 0.1) is 5.92 Å². The molecular weight excluding hydrogens is 212 g/mol. The van der Waals surface area contributed by atoms with Gasteiger partial charge in [0, 0.05) is 25.6 Å². The van der Waals surface area contributed by atoms with Crippen LogP contribution in [-0.4, -0.2) is 29.9 Å². The van der Waals surface area contributed by atoms with E-state index in [4.69, 9.17) is 5.73 Å². The molecule has 1 saturated heterocycles. The zero-order valence-electron chi connectivity index (χ0n) is 10.9. The van der Waals surface area contributed by atoms with Crippen LogP contribution in [0.4, 0.5) is 0 Å². The second kappa shape index (κ2) is 6.39. The van der Waals surface area contributed by atoms with Gasteiger partial charge in [-0.1, -0.05) is 25.7 Å². The SMILES string of the molecule is NC1CCCN(C(=O)CCCC2CCCC2)C1. The van der Waals surface area contributed by atoms with Gasteiger partial charge in [0.25, 0.3) is 0 Å². The maximum atomic E-state index is 12.0. The molecule has 1 amide bonds. The van der Waals surface area contributed by atoms with Crippen molar-refractivity contribution in [1.82, 2.24) is 4.90 Å². The summed E-state index contributed by atoms with van der Waals surface area (Å²) in [6.07, 6.45) is 10.8. The summed E-state index contributed by atoms with van der Waals surface area (Å²) in [6.45, 7) is 1.71. The van der Waals surface area contributed by atoms with Crippen molar-refractivity contribution in [3.05, 3.63) is 0 Å². The number of hydrogen-bond donors (Lipinski definition) is 1. The Bertz CT molecular complexity index is 249. The van der Waals surface area contributed by atoms with Gasteiger partial charge in [-0.3, -0.25) is 4.79 Å². The number of carbonyl (C=O) groups is 1. The number of likely N-dealkylation sites (tertiary alicyclic amines) is 1. The zero-order valence-corrected chi connectivity index (χ0v) is 10.9. The van der Waals surface area contributed by atoms with Gasteiger partial charge in [0.05, 0.1) is 0 Å². The molecular formula is C14H26N2O. The minimum absolute atomic E-state index is 0.211. The van der Waals surface area contributed by atoms with Crippen LogP contribution in [0.2, 0.25) is 0 Å². The fraction of sp³-hybridized carbons (Fsp3) is 0.929. The first-order chi connectivity index (χ1) is 8.25. The molecule has 1 heterocycles. The lowest BCUT2D eigenvalue weighted by atomic mass is 10.00. The molecule has 1 aliphatic heterocycles. The predicted molar refractivity (Wildman–Crippen MR) is 69.6 cm³/mol. The van der Waals surface area contributed by atoms with Crippen molar-refractivity contribution in [2.75, 3.05) is 13.1 Å². The van der Waals surface area contributed by atoms with E-state index in [2.05, 4.69) is 0 Å². The van der Waals surface area contributed by atoms with Gasteiger partial charge in [-0.2, -0.15) is 0 Å². The summed E-state index contributed by atoms with van der Waals surface area (Å²) in [7, 11) is 0. The average Bonchev–Trinajstić information content (AvgIpc) is 2.82. The van der Waals surface area contributed by atoms with Crippen molar-refractivity contribution in [2.45, 2.75) is 63.8 Å². The lowest BCUT2D eigenvalue weighted by molar-refractivity contribution is -0.132. The molecule has 2 N–H and O–H groups in total. The molecule has 0 bridgehead atoms. The van der Waals surface area contributed by atoms with E-state index in [0.717, 1.165) is 44.7 Å². The van der Waals surface area contributed by atoms with Crippen molar-refractivity contribution in [3.63, 3.8) is 0 Å². The number of carbonyl (C=O) groups excluding carboxylic acids is 1. The fourth-order valence-corrected chi connectivity index (χ4v) is 3.24. The van der Waals surface area contributed by atoms with Gasteiger partial charge in [0.1, 0.15) is 0 Å². The Hall–Kier alpha value is -0.570. The number of nitrogens with two attached hydrogens (primary N) is 1. The molecule has 2 aliphatic rings. The highest BCUT2D eigenvalue weighted by Crippen LogP contribution is 2.29. The fourth-order valence-electron chi connectivity index (χ4n) is 3.24. The third-order valence-electron chi connectivity index (χ3n) is 4.29. The van der Waals surface area contributed by atoms with Crippen molar-refractivity contribution >= 4 is 5.91 Å². The van der Waals surface area contributed by atoms with Crippen LogP contribution < -0.4 is 5.73 Å². The number of piperidine rings is 1. The molecule has 2 rings (SSSR count). The summed E-state index contributed by atoms with van der Waals surface area (Å²) in [5.41, 5.74) is 5.90. The van der Waals surface area contributed by atoms with Crippen LogP contribution in [0.25, 0.3) is 0 Å². The third-order valence-corrected chi connectivity index (χ3v) is 4.29. The average molecular weight is 238 g/mol. The largest absolute Gasteiger partial charge is 0.341 e. The summed E-state index contributed by atoms with van der Waals surface area (Å²) in [5.74, 6) is 1.24. The van der Waals surface area contributed by atoms with Crippen LogP contribution in [0.3, 0.4) is 0 Å². The van der Waals surface area contributed by atoms with Crippen molar-refractivity contribution in [1.29, 1.82) is 0 Å². The Balaban J connectivity index is 1.62. The molecule has 0 aromatic carbocycles. The van der Waals surface area contributed by atoms with Gasteiger partial charge in [-0.15, -0.1) is 0 Å². The quantitative estimate of drug-likeness (QED) is 0.817. The summed E-state index contributed by atoms with van der Waals surface area (Å²) in [5, 5.41) is 0. The Kier molecular flexibility index (Phi) is 4.84. The second-order valence-electron chi connectivity index (χ2n) is 5.78. The third kappa shape index (κ3) is 3.98. The van der Waals surface area contributed by atoms with E-state index in [0.29, 0.717) is 5.91 Å². The Morgan fingerprint density at radius 1 is 1.18 bits per heavy atom. The first-order valence-corrected chi connectivity index (χ1v) is 7.29. The summed E-state index contributed by atoms with van der Waals surface area (Å²) >= 11 is 0. The predicted octanol–water partition coefficient (Wildman–Crippen LogP) is 2.30. The molecule has 98 valence electrons. The molecule has 3 nitrogen and oxygen atoms in total. The Labute approximate surface area is 105 Å². The smallest absolute Gasteiger partial charge is 0.222 e. The van der Waals surface area contributed by atoms with E-state index in [1.807, 2.05) is 4.90 Å². The first kappa shape index (κ1) is 12.9. The molecule has 0 aromatic heterocycles. The molecule has 1 unspecified atom stereocenters. The van der Waals surface area contributed by atoms with Crippen LogP contribution in [-0.2, 0) is 4.79 Å². The Morgan fingerprint density at radius 3 is 2.65 bits per heavy atom. The van der Waals surface area contributed by atoms with Crippen molar-refractivity contribution < 1.29 is 4.79 Å². The molecule has 3 heteroatoms. The van der Waals surface area contributed by atoms with Gasteiger partial charge in [0.2, 0.25) is 5.91 Å². The van der Waals surface area contributed by atoms with Crippen LogP contribution in [0.15, 0.2) is 0 Å². The van der Waals surface area contributed by atoms with E-state index in [-0.39, 0.29) is 6.04 Å². The van der Waals surface area contributed by atoms with E-state index in [1.165, 1.54) is 32.1 Å². The zero-order chi connectivity index (χ0) is 12.1. The van der Waals surface area contributed by atoms with Gasteiger partial charge < -0.3 is 10.6 Å². The van der Waals surface area contributed by atoms with Crippen LogP contribution >= 0.6 is 0 Å². The lowest BCUT2D eigenvalue weighted by Crippen LogP contribution is -2.45. The minimum Gasteiger partial charge on any atom is -0.341 e. The Morgan fingerprint density at radius 2 is 1.94 bits per heavy atom. The number of nitrogens with zero attached hydrogens (tertiary/aromatic N) is 1. The highest BCUT2D eigenvalue weighted by molar-refractivity contribution is 5.76. The molecule has 1 atom stereocenters. The first-order valence-electron chi connectivity index (χ1n) is 7.29. The lowest BCUT2D eigenvalue weighted by Gasteiger charge is -2.31. The highest BCUT2D eigenvalue weighted by Gasteiger charge is 2.21. The molecule has 1 aliphatic carbocycles. The molecule has 17 heavy (non-hydrogen) atoms. The molecule has 1 saturated carbocycles. The van der Waals surface area contributed by atoms with Crippen molar-refractivity contribution in [2.24, 2.45) is 11.7 Å². The molecule has 2 fully saturated rings. The molecule has 0 spiro atoms. The van der Waals surface area contributed by atoms with Crippen LogP contribution in [0.5, 0.6) is 0 Å². The number of hydrogen-bond acceptors (Lipinski definition) is 2. The normalized spacial score (nSPS) is 26.4. The van der Waals surface area contributed by atoms with Crippen molar-refractivity contribution in [3.8, 4) is 0 Å². The van der Waals surface area contributed by atoms with Gasteiger partial charge in [0.15, 0.2) is 0 Å². The maximum Gasteiger partial charge on any atom is 0.222 e. The summed E-state index contributed by atoms with van der Waals surface area (Å²) in [6, 6.07) is 0.211. The standard InChI is InChI=1S/C14H26N2O/c15-13-8-4-10-16(11-13)14(17)9-3-7-12-5-1-2-6-12/h12-13H,1-11,15H2. The molecule has 0 aromatic rings. The number of amides is 1. The van der Waals surface area contributed by atoms with Crippen LogP contribution in [0.1, 0.15) is 57.8 Å². The number of rotatable bonds is 4. The van der Waals surface area contributed by atoms with Gasteiger partial charge in [-0.05, 0) is 31.6 Å². The maximum absolute atomic E-state index is 12.0. The van der Waals surface area contributed by atoms with Gasteiger partial charge in [-0.25, -0.2) is 0 Å². The van der Waals surface area contributed by atoms with E-state index < -0.39 is 0 Å². The monoisotopic (exact) mass is 238 g/mol. The van der Waals surface area contributed by atoms with E-state index >= 15 is 0 Å².